The lowest BCUT2D eigenvalue weighted by Crippen LogP contribution is -2.70. The van der Waals surface area contributed by atoms with Gasteiger partial charge in [0.05, 0.1) is 23.6 Å². The number of aromatic hydroxyl groups is 1. The van der Waals surface area contributed by atoms with Crippen LogP contribution in [-0.4, -0.2) is 95.5 Å². The summed E-state index contributed by atoms with van der Waals surface area (Å²) in [5, 5.41) is 56.1. The van der Waals surface area contributed by atoms with Gasteiger partial charge in [-0.2, -0.15) is 0 Å². The molecule has 0 saturated heterocycles. The van der Waals surface area contributed by atoms with Crippen molar-refractivity contribution in [3.63, 3.8) is 0 Å². The number of carbonyl (C=O) groups excluding carboxylic acids is 3. The second-order valence-electron chi connectivity index (χ2n) is 9.92. The molecule has 7 N–H and O–H groups in total. The van der Waals surface area contributed by atoms with E-state index in [1.165, 1.54) is 31.1 Å². The Morgan fingerprint density at radius 3 is 2.41 bits per heavy atom. The van der Waals surface area contributed by atoms with E-state index in [1.54, 1.807) is 6.07 Å². The number of aliphatic hydroxyl groups excluding tert-OH is 3. The minimum Gasteiger partial charge on any atom is -0.508 e. The highest BCUT2D eigenvalue weighted by molar-refractivity contribution is 7.85. The lowest BCUT2D eigenvalue weighted by molar-refractivity contribution is -0.169. The van der Waals surface area contributed by atoms with Gasteiger partial charge >= 0.3 is 0 Å². The third kappa shape index (κ3) is 3.73. The summed E-state index contributed by atoms with van der Waals surface area (Å²) in [6.45, 7) is 1.84. The topological polar surface area (TPSA) is 199 Å². The zero-order chi connectivity index (χ0) is 27.6. The predicted octanol–water partition coefficient (Wildman–Crippen LogP) is -0.365. The van der Waals surface area contributed by atoms with E-state index in [4.69, 9.17) is 5.73 Å². The van der Waals surface area contributed by atoms with Crippen molar-refractivity contribution in [1.82, 2.24) is 4.90 Å². The van der Waals surface area contributed by atoms with Crippen molar-refractivity contribution in [3.8, 4) is 5.75 Å². The van der Waals surface area contributed by atoms with E-state index in [-0.39, 0.29) is 17.1 Å². The molecule has 1 saturated carbocycles. The monoisotopic (exact) mass is 534 g/mol. The van der Waals surface area contributed by atoms with Crippen LogP contribution in [-0.2, 0) is 25.2 Å². The molecule has 12 heteroatoms. The Kier molecular flexibility index (Phi) is 6.82. The van der Waals surface area contributed by atoms with E-state index in [0.29, 0.717) is 17.7 Å². The summed E-state index contributed by atoms with van der Waals surface area (Å²) >= 11 is 0. The summed E-state index contributed by atoms with van der Waals surface area (Å²) in [5.41, 5.74) is 1.07. The summed E-state index contributed by atoms with van der Waals surface area (Å²) < 4.78 is 12.9. The molecule has 3 aliphatic carbocycles. The van der Waals surface area contributed by atoms with Gasteiger partial charge in [0, 0.05) is 39.7 Å². The number of nitrogens with zero attached hydrogens (tertiary/aromatic N) is 1. The zero-order valence-electron chi connectivity index (χ0n) is 20.5. The lowest BCUT2D eigenvalue weighted by atomic mass is 9.54. The Balaban J connectivity index is 2.04. The van der Waals surface area contributed by atoms with Crippen LogP contribution < -0.4 is 5.73 Å². The first-order chi connectivity index (χ1) is 17.3. The smallest absolute Gasteiger partial charge is 0.255 e. The Morgan fingerprint density at radius 1 is 1.19 bits per heavy atom. The number of carbonyl (C=O) groups is 3. The third-order valence-corrected chi connectivity index (χ3v) is 9.19. The number of phenolic OH excluding ortho intramolecular Hbond substituents is 1. The van der Waals surface area contributed by atoms with Crippen LogP contribution >= 0.6 is 0 Å². The van der Waals surface area contributed by atoms with Crippen LogP contribution in [0.1, 0.15) is 30.4 Å². The Hall–Kier alpha value is -3.06. The quantitative estimate of drug-likeness (QED) is 0.262. The number of nitrogens with two attached hydrogens (primary N) is 1. The molecule has 0 aromatic heterocycles. The molecule has 200 valence electrons. The Labute approximate surface area is 215 Å². The zero-order valence-corrected chi connectivity index (χ0v) is 21.4. The van der Waals surface area contributed by atoms with Crippen molar-refractivity contribution in [2.45, 2.75) is 37.0 Å². The first-order valence-electron chi connectivity index (χ1n) is 11.8. The first kappa shape index (κ1) is 27.0. The number of ketones is 2. The van der Waals surface area contributed by atoms with Crippen molar-refractivity contribution < 1.29 is 44.1 Å². The van der Waals surface area contributed by atoms with Crippen molar-refractivity contribution in [3.05, 3.63) is 46.2 Å². The molecule has 1 fully saturated rings. The second kappa shape index (κ2) is 9.35. The summed E-state index contributed by atoms with van der Waals surface area (Å²) in [6.07, 6.45) is -1.13. The van der Waals surface area contributed by atoms with Crippen molar-refractivity contribution in [2.24, 2.45) is 17.6 Å². The fourth-order valence-corrected chi connectivity index (χ4v) is 7.51. The van der Waals surface area contributed by atoms with Crippen LogP contribution in [0.25, 0.3) is 5.76 Å². The van der Waals surface area contributed by atoms with Crippen molar-refractivity contribution >= 4 is 34.0 Å². The van der Waals surface area contributed by atoms with Gasteiger partial charge in [-0.1, -0.05) is 19.1 Å². The molecule has 0 spiro atoms. The molecule has 1 aromatic rings. The largest absolute Gasteiger partial charge is 0.508 e. The van der Waals surface area contributed by atoms with E-state index in [2.05, 4.69) is 0 Å². The van der Waals surface area contributed by atoms with Gasteiger partial charge < -0.3 is 31.3 Å². The molecular formula is C25H30N2O9S. The van der Waals surface area contributed by atoms with Gasteiger partial charge in [0.15, 0.2) is 11.4 Å². The first-order valence-corrected chi connectivity index (χ1v) is 13.3. The van der Waals surface area contributed by atoms with Crippen LogP contribution in [0.5, 0.6) is 5.75 Å². The number of amides is 1. The molecule has 1 amide bonds. The maximum Gasteiger partial charge on any atom is 0.255 e. The predicted molar refractivity (Wildman–Crippen MR) is 133 cm³/mol. The highest BCUT2D eigenvalue weighted by Crippen LogP contribution is 2.56. The van der Waals surface area contributed by atoms with Crippen LogP contribution in [0, 0.1) is 11.8 Å². The molecule has 1 aromatic carbocycles. The summed E-state index contributed by atoms with van der Waals surface area (Å²) in [6, 6.07) is 2.92. The van der Waals surface area contributed by atoms with Crippen molar-refractivity contribution in [1.29, 1.82) is 0 Å². The van der Waals surface area contributed by atoms with E-state index in [0.717, 1.165) is 0 Å². The van der Waals surface area contributed by atoms with E-state index in [1.807, 2.05) is 6.92 Å². The van der Waals surface area contributed by atoms with Crippen LogP contribution in [0.15, 0.2) is 35.1 Å². The highest BCUT2D eigenvalue weighted by Gasteiger charge is 2.68. The van der Waals surface area contributed by atoms with E-state index < -0.39 is 86.4 Å². The van der Waals surface area contributed by atoms with Gasteiger partial charge in [0.25, 0.3) is 5.91 Å². The minimum atomic E-state index is -2.98. The molecule has 0 bridgehead atoms. The minimum absolute atomic E-state index is 0.0455. The molecule has 11 nitrogen and oxygen atoms in total. The normalized spacial score (nSPS) is 32.2. The average molecular weight is 535 g/mol. The standard InChI is InChI=1S/C25H30N2O9S/c1-4-8-37(36)9-11-10-6-5-7-12(28)13(10)19(29)15-14(11)20(30)17-18(27(2)3)21(31)16(24(26)34)23(33)25(17,35)22(15)32/h5-7,11,14,17-18,20,28-30,33,35H,4,8-9H2,1-3H3,(H2,26,34)/t11-,14+,17+,18-,20-,25-,37?/m1/s1. The Morgan fingerprint density at radius 2 is 1.84 bits per heavy atom. The van der Waals surface area contributed by atoms with Gasteiger partial charge in [-0.15, -0.1) is 0 Å². The number of likely N-dealkylation sites (N-methyl/N-ethyl adjacent to an activating group) is 1. The fourth-order valence-electron chi connectivity index (χ4n) is 6.10. The van der Waals surface area contributed by atoms with E-state index in [9.17, 15) is 44.1 Å². The molecule has 0 radical (unpaired) electrons. The average Bonchev–Trinajstić information content (AvgIpc) is 2.80. The molecule has 1 unspecified atom stereocenters. The second-order valence-corrected chi connectivity index (χ2v) is 11.5. The molecule has 4 rings (SSSR count). The van der Waals surface area contributed by atoms with E-state index >= 15 is 0 Å². The number of phenols is 1. The number of hydrogen-bond donors (Lipinski definition) is 6. The van der Waals surface area contributed by atoms with Crippen LogP contribution in [0.4, 0.5) is 0 Å². The van der Waals surface area contributed by atoms with Gasteiger partial charge in [0.1, 0.15) is 22.8 Å². The molecular weight excluding hydrogens is 504 g/mol. The summed E-state index contributed by atoms with van der Waals surface area (Å²) in [4.78, 5) is 40.6. The number of Topliss-reactive ketones (excluding diaryl/α,β-unsaturated/α-hetero) is 2. The van der Waals surface area contributed by atoms with Gasteiger partial charge in [0.2, 0.25) is 5.78 Å². The molecule has 0 aliphatic heterocycles. The number of rotatable bonds is 6. The van der Waals surface area contributed by atoms with Gasteiger partial charge in [-0.25, -0.2) is 0 Å². The molecule has 0 heterocycles. The Bertz CT molecular complexity index is 1290. The molecule has 37 heavy (non-hydrogen) atoms. The number of benzene rings is 1. The van der Waals surface area contributed by atoms with Gasteiger partial charge in [-0.05, 0) is 32.1 Å². The SMILES string of the molecule is CCCS(=O)C[C@@H]1c2cccc(O)c2C(O)=C2C(=O)[C@@]3(O)C(O)=C(C(N)=O)C(=O)[C@H](N(C)C)[C@H]3[C@H](O)[C@H]21. The third-order valence-electron chi connectivity index (χ3n) is 7.59. The maximum atomic E-state index is 14.0. The number of primary amides is 1. The fraction of sp³-hybridized carbons (Fsp3) is 0.480. The maximum absolute atomic E-state index is 14.0. The van der Waals surface area contributed by atoms with Gasteiger partial charge in [-0.3, -0.25) is 23.5 Å². The number of hydrogen-bond acceptors (Lipinski definition) is 10. The highest BCUT2D eigenvalue weighted by atomic mass is 32.2. The molecule has 7 atom stereocenters. The number of fused-ring (bicyclic) bond motifs is 3. The summed E-state index contributed by atoms with van der Waals surface area (Å²) in [5.74, 6) is -9.49. The number of aliphatic hydroxyl groups is 4. The molecule has 3 aliphatic rings. The summed E-state index contributed by atoms with van der Waals surface area (Å²) in [7, 11) is 1.46. The lowest BCUT2D eigenvalue weighted by Gasteiger charge is -2.54. The van der Waals surface area contributed by atoms with Crippen LogP contribution in [0.2, 0.25) is 0 Å². The van der Waals surface area contributed by atoms with Crippen molar-refractivity contribution in [2.75, 3.05) is 25.6 Å². The van der Waals surface area contributed by atoms with Crippen LogP contribution in [0.3, 0.4) is 0 Å².